The first-order valence-corrected chi connectivity index (χ1v) is 10.1. The van der Waals surface area contributed by atoms with Crippen molar-refractivity contribution in [3.05, 3.63) is 44.2 Å². The summed E-state index contributed by atoms with van der Waals surface area (Å²) in [7, 11) is 2.54. The second-order valence-electron chi connectivity index (χ2n) is 6.16. The van der Waals surface area contributed by atoms with Gasteiger partial charge in [-0.15, -0.1) is 11.3 Å². The van der Waals surface area contributed by atoms with Gasteiger partial charge in [-0.25, -0.2) is 4.79 Å². The molecule has 1 aromatic carbocycles. The summed E-state index contributed by atoms with van der Waals surface area (Å²) in [5.41, 5.74) is 0.740. The number of thiophene rings is 1. The first-order valence-electron chi connectivity index (χ1n) is 8.55. The number of esters is 2. The Bertz CT molecular complexity index is 974. The molecule has 0 fully saturated rings. The van der Waals surface area contributed by atoms with Crippen LogP contribution in [0.4, 0.5) is 5.00 Å². The van der Waals surface area contributed by atoms with Crippen LogP contribution in [0.5, 0.6) is 5.75 Å². The monoisotopic (exact) mass is 457 g/mol. The highest BCUT2D eigenvalue weighted by atomic mass is 35.5. The number of hydrogen-bond donors (Lipinski definition) is 1. The molecule has 0 saturated heterocycles. The Kier molecular flexibility index (Phi) is 6.66. The van der Waals surface area contributed by atoms with Gasteiger partial charge in [0.05, 0.1) is 30.7 Å². The summed E-state index contributed by atoms with van der Waals surface area (Å²) in [4.78, 5) is 37.7. The van der Waals surface area contributed by atoms with Gasteiger partial charge in [0.2, 0.25) is 0 Å². The summed E-state index contributed by atoms with van der Waals surface area (Å²) in [5, 5.41) is 3.70. The van der Waals surface area contributed by atoms with Crippen LogP contribution < -0.4 is 10.1 Å². The predicted octanol–water partition coefficient (Wildman–Crippen LogP) is 4.06. The molecule has 7 nitrogen and oxygen atoms in total. The number of methoxy groups -OCH3 is 2. The van der Waals surface area contributed by atoms with Gasteiger partial charge in [0.15, 0.2) is 6.61 Å². The molecule has 2 aromatic rings. The third kappa shape index (κ3) is 4.49. The fraction of sp³-hybridized carbons (Fsp3) is 0.316. The Labute approximate surface area is 180 Å². The van der Waals surface area contributed by atoms with Gasteiger partial charge in [0, 0.05) is 9.90 Å². The molecule has 1 atom stereocenters. The molecule has 0 spiro atoms. The van der Waals surface area contributed by atoms with Crippen molar-refractivity contribution in [2.75, 3.05) is 26.1 Å². The van der Waals surface area contributed by atoms with Crippen LogP contribution in [0.3, 0.4) is 0 Å². The zero-order valence-electron chi connectivity index (χ0n) is 15.5. The van der Waals surface area contributed by atoms with Crippen molar-refractivity contribution in [2.24, 2.45) is 0 Å². The number of fused-ring (bicyclic) bond motifs is 1. The zero-order chi connectivity index (χ0) is 21.1. The van der Waals surface area contributed by atoms with E-state index in [9.17, 15) is 14.4 Å². The summed E-state index contributed by atoms with van der Waals surface area (Å²) >= 11 is 13.1. The van der Waals surface area contributed by atoms with E-state index in [0.717, 1.165) is 4.88 Å². The van der Waals surface area contributed by atoms with Gasteiger partial charge in [0.25, 0.3) is 5.91 Å². The lowest BCUT2D eigenvalue weighted by molar-refractivity contribution is -0.142. The molecule has 0 radical (unpaired) electrons. The molecule has 1 N–H and O–H groups in total. The van der Waals surface area contributed by atoms with Gasteiger partial charge in [-0.05, 0) is 36.6 Å². The smallest absolute Gasteiger partial charge is 0.341 e. The van der Waals surface area contributed by atoms with Crippen molar-refractivity contribution in [1.29, 1.82) is 0 Å². The number of benzene rings is 1. The maximum absolute atomic E-state index is 12.4. The first kappa shape index (κ1) is 21.4. The van der Waals surface area contributed by atoms with Gasteiger partial charge in [-0.1, -0.05) is 23.2 Å². The van der Waals surface area contributed by atoms with Gasteiger partial charge in [0.1, 0.15) is 10.8 Å². The van der Waals surface area contributed by atoms with Crippen molar-refractivity contribution in [2.45, 2.75) is 18.8 Å². The van der Waals surface area contributed by atoms with Crippen molar-refractivity contribution in [1.82, 2.24) is 0 Å². The van der Waals surface area contributed by atoms with E-state index < -0.39 is 23.8 Å². The topological polar surface area (TPSA) is 90.9 Å². The van der Waals surface area contributed by atoms with E-state index >= 15 is 0 Å². The minimum atomic E-state index is -0.629. The number of hydrogen-bond acceptors (Lipinski definition) is 7. The Morgan fingerprint density at radius 1 is 1.21 bits per heavy atom. The predicted molar refractivity (Wildman–Crippen MR) is 109 cm³/mol. The normalized spacial score (nSPS) is 14.8. The maximum Gasteiger partial charge on any atom is 0.341 e. The Hall–Kier alpha value is -2.29. The summed E-state index contributed by atoms with van der Waals surface area (Å²) in [6, 6.07) is 4.65. The summed E-state index contributed by atoms with van der Waals surface area (Å²) < 4.78 is 15.1. The second-order valence-corrected chi connectivity index (χ2v) is 8.11. The molecule has 3 rings (SSSR count). The molecule has 154 valence electrons. The molecule has 1 aromatic heterocycles. The van der Waals surface area contributed by atoms with Gasteiger partial charge < -0.3 is 19.5 Å². The Morgan fingerprint density at radius 3 is 2.62 bits per heavy atom. The average Bonchev–Trinajstić information content (AvgIpc) is 3.24. The molecule has 29 heavy (non-hydrogen) atoms. The summed E-state index contributed by atoms with van der Waals surface area (Å²) in [6.45, 7) is -0.328. The van der Waals surface area contributed by atoms with E-state index in [2.05, 4.69) is 5.32 Å². The van der Waals surface area contributed by atoms with Crippen molar-refractivity contribution < 1.29 is 28.6 Å². The van der Waals surface area contributed by atoms with E-state index in [-0.39, 0.29) is 17.2 Å². The summed E-state index contributed by atoms with van der Waals surface area (Å²) in [5.74, 6) is -1.80. The summed E-state index contributed by atoms with van der Waals surface area (Å²) in [6.07, 6.45) is 1.15. The van der Waals surface area contributed by atoms with Crippen LogP contribution in [-0.2, 0) is 25.5 Å². The molecule has 1 amide bonds. The third-order valence-corrected chi connectivity index (χ3v) is 6.12. The fourth-order valence-electron chi connectivity index (χ4n) is 3.13. The fourth-order valence-corrected chi connectivity index (χ4v) is 4.88. The van der Waals surface area contributed by atoms with Crippen LogP contribution in [0, 0.1) is 0 Å². The number of nitrogens with one attached hydrogen (secondary N) is 1. The highest BCUT2D eigenvalue weighted by Gasteiger charge is 2.38. The van der Waals surface area contributed by atoms with Crippen LogP contribution in [0.25, 0.3) is 0 Å². The number of carbonyl (C=O) groups is 3. The SMILES string of the molecule is COC(=O)c1c(NC(=O)COc2ccc(Cl)cc2Cl)sc2c1C(C(=O)OC)CC2. The largest absolute Gasteiger partial charge is 0.482 e. The number of halogens is 2. The van der Waals surface area contributed by atoms with E-state index in [4.69, 9.17) is 37.4 Å². The van der Waals surface area contributed by atoms with E-state index in [1.165, 1.54) is 31.6 Å². The molecular formula is C19H17Cl2NO6S. The molecular weight excluding hydrogens is 441 g/mol. The van der Waals surface area contributed by atoms with Crippen LogP contribution in [0.15, 0.2) is 18.2 Å². The highest BCUT2D eigenvalue weighted by Crippen LogP contribution is 2.45. The van der Waals surface area contributed by atoms with E-state index in [1.54, 1.807) is 12.1 Å². The quantitative estimate of drug-likeness (QED) is 0.657. The number of amides is 1. The van der Waals surface area contributed by atoms with E-state index in [0.29, 0.717) is 34.2 Å². The van der Waals surface area contributed by atoms with Crippen molar-refractivity contribution in [3.63, 3.8) is 0 Å². The van der Waals surface area contributed by atoms with Crippen molar-refractivity contribution >= 4 is 57.4 Å². The zero-order valence-corrected chi connectivity index (χ0v) is 17.9. The first-order chi connectivity index (χ1) is 13.8. The van der Waals surface area contributed by atoms with Gasteiger partial charge in [-0.3, -0.25) is 9.59 Å². The van der Waals surface area contributed by atoms with Gasteiger partial charge in [-0.2, -0.15) is 0 Å². The number of ether oxygens (including phenoxy) is 3. The minimum absolute atomic E-state index is 0.179. The molecule has 1 heterocycles. The second kappa shape index (κ2) is 9.02. The molecule has 0 aliphatic heterocycles. The maximum atomic E-state index is 12.4. The highest BCUT2D eigenvalue weighted by molar-refractivity contribution is 7.17. The van der Waals surface area contributed by atoms with Gasteiger partial charge >= 0.3 is 11.9 Å². The van der Waals surface area contributed by atoms with Crippen LogP contribution in [0.1, 0.15) is 33.1 Å². The number of carbonyl (C=O) groups excluding carboxylic acids is 3. The van der Waals surface area contributed by atoms with Crippen LogP contribution in [-0.4, -0.2) is 38.7 Å². The van der Waals surface area contributed by atoms with E-state index in [1.807, 2.05) is 0 Å². The lowest BCUT2D eigenvalue weighted by Gasteiger charge is -2.12. The molecule has 1 aliphatic carbocycles. The Morgan fingerprint density at radius 2 is 1.97 bits per heavy atom. The Balaban J connectivity index is 1.79. The van der Waals surface area contributed by atoms with Crippen LogP contribution in [0.2, 0.25) is 10.0 Å². The molecule has 0 bridgehead atoms. The number of aryl methyl sites for hydroxylation is 1. The lowest BCUT2D eigenvalue weighted by atomic mass is 9.99. The third-order valence-electron chi connectivity index (χ3n) is 4.41. The molecule has 10 heteroatoms. The van der Waals surface area contributed by atoms with Crippen LogP contribution >= 0.6 is 34.5 Å². The standard InChI is InChI=1S/C19H17Cl2NO6S/c1-26-18(24)10-4-6-13-15(10)16(19(25)27-2)17(29-13)22-14(23)8-28-12-5-3-9(20)7-11(12)21/h3,5,7,10H,4,6,8H2,1-2H3,(H,22,23). The average molecular weight is 458 g/mol. The minimum Gasteiger partial charge on any atom is -0.482 e. The number of rotatable bonds is 6. The lowest BCUT2D eigenvalue weighted by Crippen LogP contribution is -2.22. The molecule has 1 aliphatic rings. The van der Waals surface area contributed by atoms with Crippen molar-refractivity contribution in [3.8, 4) is 5.75 Å². The molecule has 0 saturated carbocycles. The number of anilines is 1. The molecule has 1 unspecified atom stereocenters.